The van der Waals surface area contributed by atoms with Gasteiger partial charge in [0.25, 0.3) is 0 Å². The van der Waals surface area contributed by atoms with Crippen LogP contribution < -0.4 is 5.32 Å². The smallest absolute Gasteiger partial charge is 0.109 e. The number of hydrogen-bond acceptors (Lipinski definition) is 2. The van der Waals surface area contributed by atoms with Gasteiger partial charge in [-0.05, 0) is 50.9 Å². The number of nitrogens with one attached hydrogen (secondary N) is 1. The van der Waals surface area contributed by atoms with Gasteiger partial charge in [-0.2, -0.15) is 0 Å². The van der Waals surface area contributed by atoms with E-state index in [9.17, 15) is 0 Å². The summed E-state index contributed by atoms with van der Waals surface area (Å²) >= 11 is 0. The number of aryl methyl sites for hydroxylation is 2. The highest BCUT2D eigenvalue weighted by atomic mass is 15.1. The molecule has 1 atom stereocenters. The first-order valence-electron chi connectivity index (χ1n) is 7.91. The molecule has 0 saturated heterocycles. The number of fused-ring (bicyclic) bond motifs is 1. The van der Waals surface area contributed by atoms with Gasteiger partial charge in [-0.15, -0.1) is 0 Å². The van der Waals surface area contributed by atoms with E-state index in [0.29, 0.717) is 5.92 Å². The van der Waals surface area contributed by atoms with Crippen LogP contribution in [0.1, 0.15) is 39.4 Å². The third-order valence-corrected chi connectivity index (χ3v) is 3.83. The van der Waals surface area contributed by atoms with Crippen molar-refractivity contribution < 1.29 is 0 Å². The fourth-order valence-corrected chi connectivity index (χ4v) is 2.67. The molecule has 3 nitrogen and oxygen atoms in total. The molecule has 110 valence electrons. The van der Waals surface area contributed by atoms with Crippen LogP contribution in [-0.4, -0.2) is 22.6 Å². The van der Waals surface area contributed by atoms with Crippen LogP contribution in [-0.2, 0) is 13.0 Å². The average molecular weight is 273 g/mol. The van der Waals surface area contributed by atoms with E-state index in [0.717, 1.165) is 31.6 Å². The van der Waals surface area contributed by atoms with Crippen LogP contribution in [0.25, 0.3) is 11.0 Å². The van der Waals surface area contributed by atoms with Crippen LogP contribution in [0.15, 0.2) is 24.3 Å². The molecule has 1 aromatic carbocycles. The van der Waals surface area contributed by atoms with E-state index in [4.69, 9.17) is 4.98 Å². The van der Waals surface area contributed by atoms with E-state index in [1.165, 1.54) is 24.2 Å². The van der Waals surface area contributed by atoms with E-state index in [1.54, 1.807) is 0 Å². The van der Waals surface area contributed by atoms with Gasteiger partial charge < -0.3 is 9.88 Å². The second kappa shape index (κ2) is 7.44. The molecule has 0 aliphatic carbocycles. The number of rotatable bonds is 8. The maximum atomic E-state index is 4.79. The summed E-state index contributed by atoms with van der Waals surface area (Å²) in [5.74, 6) is 1.93. The van der Waals surface area contributed by atoms with Crippen molar-refractivity contribution in [1.82, 2.24) is 14.9 Å². The van der Waals surface area contributed by atoms with Gasteiger partial charge >= 0.3 is 0 Å². The Labute approximate surface area is 122 Å². The number of aromatic nitrogens is 2. The molecule has 0 amide bonds. The topological polar surface area (TPSA) is 29.9 Å². The Bertz CT molecular complexity index is 530. The lowest BCUT2D eigenvalue weighted by molar-refractivity contribution is 0.472. The lowest BCUT2D eigenvalue weighted by Crippen LogP contribution is -2.22. The summed E-state index contributed by atoms with van der Waals surface area (Å²) in [7, 11) is 0. The minimum Gasteiger partial charge on any atom is -0.328 e. The summed E-state index contributed by atoms with van der Waals surface area (Å²) in [5, 5.41) is 3.50. The van der Waals surface area contributed by atoms with Crippen molar-refractivity contribution >= 4 is 11.0 Å². The molecule has 0 aliphatic heterocycles. The van der Waals surface area contributed by atoms with Crippen molar-refractivity contribution in [3.8, 4) is 0 Å². The minimum absolute atomic E-state index is 0.701. The second-order valence-corrected chi connectivity index (χ2v) is 5.61. The van der Waals surface area contributed by atoms with Crippen LogP contribution in [0, 0.1) is 5.92 Å². The lowest BCUT2D eigenvalue weighted by atomic mass is 10.1. The molecular formula is C17H27N3. The van der Waals surface area contributed by atoms with Gasteiger partial charge in [-0.1, -0.05) is 26.0 Å². The molecule has 1 unspecified atom stereocenters. The number of benzene rings is 1. The largest absolute Gasteiger partial charge is 0.328 e. The summed E-state index contributed by atoms with van der Waals surface area (Å²) in [6, 6.07) is 8.44. The SMILES string of the molecule is CCCNCC(C)CCc1nc2ccccc2n1CC. The molecule has 0 spiro atoms. The molecule has 0 aliphatic rings. The van der Waals surface area contributed by atoms with Gasteiger partial charge in [0.05, 0.1) is 11.0 Å². The van der Waals surface area contributed by atoms with Gasteiger partial charge in [0.15, 0.2) is 0 Å². The van der Waals surface area contributed by atoms with Gasteiger partial charge in [0, 0.05) is 13.0 Å². The Morgan fingerprint density at radius 3 is 2.80 bits per heavy atom. The zero-order valence-corrected chi connectivity index (χ0v) is 13.0. The molecular weight excluding hydrogens is 246 g/mol. The number of hydrogen-bond donors (Lipinski definition) is 1. The van der Waals surface area contributed by atoms with Crippen molar-refractivity contribution in [2.45, 2.75) is 46.6 Å². The Balaban J connectivity index is 1.99. The Morgan fingerprint density at radius 1 is 1.25 bits per heavy atom. The average Bonchev–Trinajstić information content (AvgIpc) is 2.83. The molecule has 1 aromatic heterocycles. The molecule has 0 bridgehead atoms. The fourth-order valence-electron chi connectivity index (χ4n) is 2.67. The van der Waals surface area contributed by atoms with E-state index in [2.05, 4.69) is 54.9 Å². The summed E-state index contributed by atoms with van der Waals surface area (Å²) in [6.07, 6.45) is 3.47. The van der Waals surface area contributed by atoms with Gasteiger partial charge in [0.1, 0.15) is 5.82 Å². The highest BCUT2D eigenvalue weighted by Gasteiger charge is 2.10. The van der Waals surface area contributed by atoms with Gasteiger partial charge in [-0.3, -0.25) is 0 Å². The monoisotopic (exact) mass is 273 g/mol. The lowest BCUT2D eigenvalue weighted by Gasteiger charge is -2.12. The van der Waals surface area contributed by atoms with E-state index >= 15 is 0 Å². The predicted molar refractivity (Wildman–Crippen MR) is 86.1 cm³/mol. The van der Waals surface area contributed by atoms with E-state index < -0.39 is 0 Å². The predicted octanol–water partition coefficient (Wildman–Crippen LogP) is 3.62. The van der Waals surface area contributed by atoms with Crippen molar-refractivity contribution in [2.24, 2.45) is 5.92 Å². The van der Waals surface area contributed by atoms with E-state index in [-0.39, 0.29) is 0 Å². The van der Waals surface area contributed by atoms with Crippen LogP contribution >= 0.6 is 0 Å². The molecule has 0 fully saturated rings. The second-order valence-electron chi connectivity index (χ2n) is 5.61. The van der Waals surface area contributed by atoms with Crippen LogP contribution in [0.4, 0.5) is 0 Å². The van der Waals surface area contributed by atoms with Crippen LogP contribution in [0.2, 0.25) is 0 Å². The quantitative estimate of drug-likeness (QED) is 0.744. The summed E-state index contributed by atoms with van der Waals surface area (Å²) in [6.45, 7) is 9.96. The van der Waals surface area contributed by atoms with Gasteiger partial charge in [0.2, 0.25) is 0 Å². The summed E-state index contributed by atoms with van der Waals surface area (Å²) < 4.78 is 2.35. The third kappa shape index (κ3) is 3.60. The third-order valence-electron chi connectivity index (χ3n) is 3.83. The fraction of sp³-hybridized carbons (Fsp3) is 0.588. The number of para-hydroxylation sites is 2. The minimum atomic E-state index is 0.701. The molecule has 3 heteroatoms. The van der Waals surface area contributed by atoms with Gasteiger partial charge in [-0.25, -0.2) is 4.98 Å². The number of nitrogens with zero attached hydrogens (tertiary/aromatic N) is 2. The van der Waals surface area contributed by atoms with E-state index in [1.807, 2.05) is 0 Å². The highest BCUT2D eigenvalue weighted by Crippen LogP contribution is 2.18. The maximum Gasteiger partial charge on any atom is 0.109 e. The maximum absolute atomic E-state index is 4.79. The summed E-state index contributed by atoms with van der Waals surface area (Å²) in [5.41, 5.74) is 2.39. The first-order valence-corrected chi connectivity index (χ1v) is 7.91. The Morgan fingerprint density at radius 2 is 2.05 bits per heavy atom. The Kier molecular flexibility index (Phi) is 5.60. The van der Waals surface area contributed by atoms with Crippen molar-refractivity contribution in [3.05, 3.63) is 30.1 Å². The summed E-state index contributed by atoms with van der Waals surface area (Å²) in [4.78, 5) is 4.79. The first kappa shape index (κ1) is 15.0. The first-order chi connectivity index (χ1) is 9.76. The van der Waals surface area contributed by atoms with Crippen molar-refractivity contribution in [1.29, 1.82) is 0 Å². The molecule has 20 heavy (non-hydrogen) atoms. The standard InChI is InChI=1S/C17H27N3/c1-4-12-18-13-14(3)10-11-17-19-15-8-6-7-9-16(15)20(17)5-2/h6-9,14,18H,4-5,10-13H2,1-3H3. The molecule has 0 saturated carbocycles. The zero-order valence-electron chi connectivity index (χ0n) is 13.0. The van der Waals surface area contributed by atoms with Crippen LogP contribution in [0.5, 0.6) is 0 Å². The zero-order chi connectivity index (χ0) is 14.4. The molecule has 2 aromatic rings. The molecule has 1 heterocycles. The number of imidazole rings is 1. The Hall–Kier alpha value is -1.35. The van der Waals surface area contributed by atoms with Crippen LogP contribution in [0.3, 0.4) is 0 Å². The normalized spacial score (nSPS) is 12.9. The van der Waals surface area contributed by atoms with Crippen molar-refractivity contribution in [3.63, 3.8) is 0 Å². The highest BCUT2D eigenvalue weighted by molar-refractivity contribution is 5.75. The van der Waals surface area contributed by atoms with Crippen molar-refractivity contribution in [2.75, 3.05) is 13.1 Å². The molecule has 0 radical (unpaired) electrons. The molecule has 1 N–H and O–H groups in total. The molecule has 2 rings (SSSR count).